The summed E-state index contributed by atoms with van der Waals surface area (Å²) in [6, 6.07) is 19.3. The third-order valence-electron chi connectivity index (χ3n) is 3.85. The number of sulfonamides is 1. The molecule has 0 fully saturated rings. The Balaban J connectivity index is 2.16. The molecule has 0 bridgehead atoms. The highest BCUT2D eigenvalue weighted by Crippen LogP contribution is 2.35. The molecular formula is C19H16N2O3S2. The summed E-state index contributed by atoms with van der Waals surface area (Å²) in [5, 5.41) is 11.1. The minimum absolute atomic E-state index is 0.0321. The second kappa shape index (κ2) is 7.60. The van der Waals surface area contributed by atoms with Gasteiger partial charge in [-0.2, -0.15) is 5.26 Å². The molecule has 1 aromatic heterocycles. The van der Waals surface area contributed by atoms with Crippen LogP contribution >= 0.6 is 11.3 Å². The summed E-state index contributed by atoms with van der Waals surface area (Å²) < 4.78 is 33.4. The van der Waals surface area contributed by atoms with Crippen LogP contribution in [0, 0.1) is 11.3 Å². The maximum atomic E-state index is 13.3. The first-order valence-corrected chi connectivity index (χ1v) is 10.1. The van der Waals surface area contributed by atoms with Gasteiger partial charge in [0.25, 0.3) is 10.0 Å². The molecule has 0 spiro atoms. The van der Waals surface area contributed by atoms with Crippen LogP contribution in [0.2, 0.25) is 0 Å². The molecule has 1 heterocycles. The molecule has 5 nitrogen and oxygen atoms in total. The molecule has 0 aliphatic rings. The molecule has 3 aromatic rings. The molecule has 26 heavy (non-hydrogen) atoms. The molecule has 0 saturated carbocycles. The van der Waals surface area contributed by atoms with Crippen LogP contribution in [0.1, 0.15) is 11.1 Å². The Hall–Kier alpha value is -2.82. The van der Waals surface area contributed by atoms with Gasteiger partial charge in [0, 0.05) is 0 Å². The number of ether oxygens (including phenoxy) is 1. The van der Waals surface area contributed by atoms with Crippen molar-refractivity contribution in [1.29, 1.82) is 5.26 Å². The fraction of sp³-hybridized carbons (Fsp3) is 0.105. The van der Waals surface area contributed by atoms with Gasteiger partial charge in [0.05, 0.1) is 31.0 Å². The topological polar surface area (TPSA) is 70.4 Å². The van der Waals surface area contributed by atoms with E-state index in [1.54, 1.807) is 66.0 Å². The van der Waals surface area contributed by atoms with Crippen LogP contribution in [-0.2, 0) is 16.6 Å². The molecule has 0 unspecified atom stereocenters. The van der Waals surface area contributed by atoms with Crippen molar-refractivity contribution in [3.05, 3.63) is 77.2 Å². The van der Waals surface area contributed by atoms with Crippen LogP contribution in [0.3, 0.4) is 0 Å². The van der Waals surface area contributed by atoms with E-state index >= 15 is 0 Å². The molecule has 0 aliphatic heterocycles. The number of hydrogen-bond donors (Lipinski definition) is 0. The number of methoxy groups -OCH3 is 1. The van der Waals surface area contributed by atoms with Crippen LogP contribution in [0.5, 0.6) is 5.75 Å². The normalized spacial score (nSPS) is 10.9. The summed E-state index contributed by atoms with van der Waals surface area (Å²) in [7, 11) is -2.31. The van der Waals surface area contributed by atoms with E-state index in [0.29, 0.717) is 22.6 Å². The molecule has 0 N–H and O–H groups in total. The van der Waals surface area contributed by atoms with E-state index < -0.39 is 10.0 Å². The van der Waals surface area contributed by atoms with E-state index in [1.807, 2.05) is 0 Å². The second-order valence-corrected chi connectivity index (χ2v) is 8.42. The predicted molar refractivity (Wildman–Crippen MR) is 102 cm³/mol. The molecule has 3 rings (SSSR count). The number of nitriles is 1. The first-order chi connectivity index (χ1) is 12.6. The molecule has 0 saturated heterocycles. The monoisotopic (exact) mass is 384 g/mol. The molecule has 0 amide bonds. The lowest BCUT2D eigenvalue weighted by Gasteiger charge is -2.25. The van der Waals surface area contributed by atoms with Gasteiger partial charge in [0.15, 0.2) is 0 Å². The summed E-state index contributed by atoms with van der Waals surface area (Å²) in [6.45, 7) is 0.0321. The average Bonchev–Trinajstić information content (AvgIpc) is 3.22. The number of benzene rings is 2. The SMILES string of the molecule is COc1ccccc1N(Cc1ccccc1C#N)S(=O)(=O)c1cccs1. The zero-order chi connectivity index (χ0) is 18.6. The first kappa shape index (κ1) is 18.0. The van der Waals surface area contributed by atoms with Gasteiger partial charge in [-0.3, -0.25) is 4.31 Å². The van der Waals surface area contributed by atoms with Gasteiger partial charge in [-0.15, -0.1) is 11.3 Å². The third-order valence-corrected chi connectivity index (χ3v) is 6.98. The maximum Gasteiger partial charge on any atom is 0.274 e. The predicted octanol–water partition coefficient (Wildman–Crippen LogP) is 4.02. The van der Waals surface area contributed by atoms with E-state index in [9.17, 15) is 13.7 Å². The van der Waals surface area contributed by atoms with E-state index in [-0.39, 0.29) is 10.8 Å². The zero-order valence-corrected chi connectivity index (χ0v) is 15.6. The maximum absolute atomic E-state index is 13.3. The quantitative estimate of drug-likeness (QED) is 0.643. The van der Waals surface area contributed by atoms with Crippen molar-refractivity contribution < 1.29 is 13.2 Å². The second-order valence-electron chi connectivity index (χ2n) is 5.38. The Labute approximate surface area is 156 Å². The van der Waals surface area contributed by atoms with E-state index in [4.69, 9.17) is 4.74 Å². The van der Waals surface area contributed by atoms with Crippen LogP contribution in [0.25, 0.3) is 0 Å². The molecule has 132 valence electrons. The molecule has 0 radical (unpaired) electrons. The molecule has 2 aromatic carbocycles. The van der Waals surface area contributed by atoms with Crippen LogP contribution in [0.15, 0.2) is 70.3 Å². The van der Waals surface area contributed by atoms with Crippen LogP contribution in [-0.4, -0.2) is 15.5 Å². The number of hydrogen-bond acceptors (Lipinski definition) is 5. The number of thiophene rings is 1. The summed E-state index contributed by atoms with van der Waals surface area (Å²) in [4.78, 5) is 0. The minimum Gasteiger partial charge on any atom is -0.495 e. The minimum atomic E-state index is -3.80. The van der Waals surface area contributed by atoms with E-state index in [0.717, 1.165) is 11.3 Å². The Morgan fingerprint density at radius 3 is 2.50 bits per heavy atom. The first-order valence-electron chi connectivity index (χ1n) is 7.75. The van der Waals surface area contributed by atoms with E-state index in [1.165, 1.54) is 11.4 Å². The van der Waals surface area contributed by atoms with Crippen LogP contribution < -0.4 is 9.04 Å². The van der Waals surface area contributed by atoms with E-state index in [2.05, 4.69) is 6.07 Å². The lowest BCUT2D eigenvalue weighted by atomic mass is 10.1. The zero-order valence-electron chi connectivity index (χ0n) is 14.0. The van der Waals surface area contributed by atoms with Gasteiger partial charge < -0.3 is 4.74 Å². The van der Waals surface area contributed by atoms with Gasteiger partial charge in [-0.1, -0.05) is 36.4 Å². The third kappa shape index (κ3) is 3.43. The van der Waals surface area contributed by atoms with Crippen molar-refractivity contribution in [2.24, 2.45) is 0 Å². The lowest BCUT2D eigenvalue weighted by molar-refractivity contribution is 0.415. The fourth-order valence-electron chi connectivity index (χ4n) is 2.58. The molecule has 0 aliphatic carbocycles. The summed E-state index contributed by atoms with van der Waals surface area (Å²) >= 11 is 1.15. The number of nitrogens with zero attached hydrogens (tertiary/aromatic N) is 2. The Morgan fingerprint density at radius 2 is 1.81 bits per heavy atom. The van der Waals surface area contributed by atoms with Crippen molar-refractivity contribution in [3.63, 3.8) is 0 Å². The Morgan fingerprint density at radius 1 is 1.08 bits per heavy atom. The number of anilines is 1. The summed E-state index contributed by atoms with van der Waals surface area (Å²) in [6.07, 6.45) is 0. The van der Waals surface area contributed by atoms with Crippen molar-refractivity contribution in [3.8, 4) is 11.8 Å². The van der Waals surface area contributed by atoms with Crippen LogP contribution in [0.4, 0.5) is 5.69 Å². The highest BCUT2D eigenvalue weighted by Gasteiger charge is 2.28. The molecule has 0 atom stereocenters. The standard InChI is InChI=1S/C19H16N2O3S2/c1-24-18-10-5-4-9-17(18)21(26(22,23)19-11-6-12-25-19)14-16-8-3-2-7-15(16)13-20/h2-12H,14H2,1H3. The highest BCUT2D eigenvalue weighted by atomic mass is 32.2. The van der Waals surface area contributed by atoms with Gasteiger partial charge in [0.2, 0.25) is 0 Å². The highest BCUT2D eigenvalue weighted by molar-refractivity contribution is 7.94. The Kier molecular flexibility index (Phi) is 5.26. The number of rotatable bonds is 6. The van der Waals surface area contributed by atoms with Gasteiger partial charge >= 0.3 is 0 Å². The van der Waals surface area contributed by atoms with Crippen molar-refractivity contribution in [2.75, 3.05) is 11.4 Å². The summed E-state index contributed by atoms with van der Waals surface area (Å²) in [5.41, 5.74) is 1.49. The largest absolute Gasteiger partial charge is 0.495 e. The Bertz CT molecular complexity index is 1040. The molecular weight excluding hydrogens is 368 g/mol. The smallest absolute Gasteiger partial charge is 0.274 e. The van der Waals surface area contributed by atoms with Crippen molar-refractivity contribution >= 4 is 27.0 Å². The van der Waals surface area contributed by atoms with Crippen molar-refractivity contribution in [2.45, 2.75) is 10.8 Å². The van der Waals surface area contributed by atoms with Gasteiger partial charge in [0.1, 0.15) is 9.96 Å². The summed E-state index contributed by atoms with van der Waals surface area (Å²) in [5.74, 6) is 0.446. The number of para-hydroxylation sites is 2. The average molecular weight is 384 g/mol. The van der Waals surface area contributed by atoms with Crippen molar-refractivity contribution in [1.82, 2.24) is 0 Å². The molecule has 7 heteroatoms. The lowest BCUT2D eigenvalue weighted by Crippen LogP contribution is -2.30. The van der Waals surface area contributed by atoms with Gasteiger partial charge in [-0.05, 0) is 35.2 Å². The fourth-order valence-corrected chi connectivity index (χ4v) is 5.13. The van der Waals surface area contributed by atoms with Gasteiger partial charge in [-0.25, -0.2) is 8.42 Å².